The first-order valence-electron chi connectivity index (χ1n) is 12.2. The SMILES string of the molecule is CCCCc1ccc(C(=O)NC(Cc2ccccc2)C(=O)OCC(=O)c2ccc(CC)cc2)cc1. The average molecular weight is 472 g/mol. The molecule has 3 aromatic rings. The summed E-state index contributed by atoms with van der Waals surface area (Å²) in [6, 6.07) is 23.2. The summed E-state index contributed by atoms with van der Waals surface area (Å²) in [5, 5.41) is 2.80. The van der Waals surface area contributed by atoms with Crippen molar-refractivity contribution in [2.24, 2.45) is 0 Å². The second kappa shape index (κ2) is 13.2. The van der Waals surface area contributed by atoms with Crippen molar-refractivity contribution in [3.63, 3.8) is 0 Å². The molecule has 0 aliphatic carbocycles. The van der Waals surface area contributed by atoms with Gasteiger partial charge in [-0.2, -0.15) is 0 Å². The zero-order chi connectivity index (χ0) is 25.0. The lowest BCUT2D eigenvalue weighted by atomic mass is 10.0. The van der Waals surface area contributed by atoms with Crippen LogP contribution in [-0.4, -0.2) is 30.3 Å². The normalized spacial score (nSPS) is 11.5. The number of ether oxygens (including phenoxy) is 1. The number of benzene rings is 3. The Kier molecular flexibility index (Phi) is 9.79. The van der Waals surface area contributed by atoms with Crippen LogP contribution in [0.5, 0.6) is 0 Å². The van der Waals surface area contributed by atoms with E-state index in [1.54, 1.807) is 24.3 Å². The van der Waals surface area contributed by atoms with E-state index in [0.29, 0.717) is 11.1 Å². The van der Waals surface area contributed by atoms with E-state index in [0.717, 1.165) is 36.8 Å². The molecule has 0 fully saturated rings. The van der Waals surface area contributed by atoms with E-state index in [1.165, 1.54) is 5.56 Å². The average Bonchev–Trinajstić information content (AvgIpc) is 2.90. The second-order valence-electron chi connectivity index (χ2n) is 8.60. The topological polar surface area (TPSA) is 72.5 Å². The number of unbranched alkanes of at least 4 members (excludes halogenated alkanes) is 1. The monoisotopic (exact) mass is 471 g/mol. The van der Waals surface area contributed by atoms with Crippen LogP contribution in [0.4, 0.5) is 0 Å². The van der Waals surface area contributed by atoms with Crippen LogP contribution in [0.3, 0.4) is 0 Å². The molecular formula is C30H33NO4. The Morgan fingerprint density at radius 2 is 1.40 bits per heavy atom. The number of nitrogens with one attached hydrogen (secondary N) is 1. The predicted molar refractivity (Wildman–Crippen MR) is 138 cm³/mol. The van der Waals surface area contributed by atoms with Crippen LogP contribution in [0.2, 0.25) is 0 Å². The van der Waals surface area contributed by atoms with Gasteiger partial charge in [0.05, 0.1) is 0 Å². The van der Waals surface area contributed by atoms with Crippen molar-refractivity contribution < 1.29 is 19.1 Å². The summed E-state index contributed by atoms with van der Waals surface area (Å²) in [5.41, 5.74) is 4.15. The fourth-order valence-corrected chi connectivity index (χ4v) is 3.74. The quantitative estimate of drug-likeness (QED) is 0.285. The van der Waals surface area contributed by atoms with Crippen molar-refractivity contribution in [2.45, 2.75) is 52.0 Å². The van der Waals surface area contributed by atoms with Crippen LogP contribution in [-0.2, 0) is 28.8 Å². The van der Waals surface area contributed by atoms with Gasteiger partial charge < -0.3 is 10.1 Å². The maximum absolute atomic E-state index is 12.9. The highest BCUT2D eigenvalue weighted by atomic mass is 16.5. The maximum atomic E-state index is 12.9. The molecule has 1 unspecified atom stereocenters. The molecule has 1 amide bonds. The fraction of sp³-hybridized carbons (Fsp3) is 0.300. The third-order valence-corrected chi connectivity index (χ3v) is 5.94. The minimum atomic E-state index is -0.917. The number of Topliss-reactive ketones (excluding diaryl/α,β-unsaturated/α-hetero) is 1. The molecule has 0 aliphatic heterocycles. The molecule has 5 nitrogen and oxygen atoms in total. The Bertz CT molecular complexity index is 1110. The van der Waals surface area contributed by atoms with Gasteiger partial charge in [0.15, 0.2) is 12.4 Å². The van der Waals surface area contributed by atoms with Crippen molar-refractivity contribution in [3.8, 4) is 0 Å². The van der Waals surface area contributed by atoms with Crippen LogP contribution in [0.15, 0.2) is 78.9 Å². The number of amides is 1. The molecule has 5 heteroatoms. The number of carbonyl (C=O) groups excluding carboxylic acids is 3. The summed E-state index contributed by atoms with van der Waals surface area (Å²) < 4.78 is 5.35. The van der Waals surface area contributed by atoms with E-state index in [4.69, 9.17) is 4.74 Å². The van der Waals surface area contributed by atoms with Gasteiger partial charge in [0, 0.05) is 17.5 Å². The lowest BCUT2D eigenvalue weighted by Crippen LogP contribution is -2.43. The molecule has 0 radical (unpaired) electrons. The summed E-state index contributed by atoms with van der Waals surface area (Å²) in [5.74, 6) is -1.28. The molecule has 0 aromatic heterocycles. The molecule has 0 spiro atoms. The molecule has 0 heterocycles. The third kappa shape index (κ3) is 7.92. The fourth-order valence-electron chi connectivity index (χ4n) is 3.74. The predicted octanol–water partition coefficient (Wildman–Crippen LogP) is 5.36. The zero-order valence-electron chi connectivity index (χ0n) is 20.5. The van der Waals surface area contributed by atoms with Crippen molar-refractivity contribution in [3.05, 3.63) is 107 Å². The van der Waals surface area contributed by atoms with Crippen LogP contribution in [0.25, 0.3) is 0 Å². The Balaban J connectivity index is 1.66. The molecule has 0 aliphatic rings. The van der Waals surface area contributed by atoms with Crippen LogP contribution < -0.4 is 5.32 Å². The summed E-state index contributed by atoms with van der Waals surface area (Å²) >= 11 is 0. The Hall–Kier alpha value is -3.73. The largest absolute Gasteiger partial charge is 0.456 e. The number of hydrogen-bond acceptors (Lipinski definition) is 4. The van der Waals surface area contributed by atoms with Gasteiger partial charge >= 0.3 is 5.97 Å². The van der Waals surface area contributed by atoms with E-state index in [9.17, 15) is 14.4 Å². The molecule has 3 aromatic carbocycles. The smallest absolute Gasteiger partial charge is 0.329 e. The Morgan fingerprint density at radius 1 is 0.771 bits per heavy atom. The summed E-state index contributed by atoms with van der Waals surface area (Å²) in [6.07, 6.45) is 4.32. The Morgan fingerprint density at radius 3 is 2.03 bits per heavy atom. The lowest BCUT2D eigenvalue weighted by molar-refractivity contribution is -0.144. The first kappa shape index (κ1) is 25.9. The number of aryl methyl sites for hydroxylation is 2. The highest BCUT2D eigenvalue weighted by Gasteiger charge is 2.24. The van der Waals surface area contributed by atoms with E-state index in [1.807, 2.05) is 61.5 Å². The molecule has 3 rings (SSSR count). The van der Waals surface area contributed by atoms with Crippen LogP contribution in [0, 0.1) is 0 Å². The minimum absolute atomic E-state index is 0.263. The summed E-state index contributed by atoms with van der Waals surface area (Å²) in [7, 11) is 0. The van der Waals surface area contributed by atoms with Gasteiger partial charge in [-0.1, -0.05) is 87.0 Å². The van der Waals surface area contributed by atoms with Crippen LogP contribution in [0.1, 0.15) is 64.1 Å². The van der Waals surface area contributed by atoms with E-state index < -0.39 is 12.0 Å². The molecule has 0 saturated heterocycles. The lowest BCUT2D eigenvalue weighted by Gasteiger charge is -2.18. The molecule has 0 bridgehead atoms. The Labute approximate surface area is 207 Å². The zero-order valence-corrected chi connectivity index (χ0v) is 20.5. The van der Waals surface area contributed by atoms with E-state index in [-0.39, 0.29) is 24.7 Å². The summed E-state index contributed by atoms with van der Waals surface area (Å²) in [4.78, 5) is 38.4. The van der Waals surface area contributed by atoms with Gasteiger partial charge in [-0.15, -0.1) is 0 Å². The van der Waals surface area contributed by atoms with Gasteiger partial charge in [-0.25, -0.2) is 4.79 Å². The van der Waals surface area contributed by atoms with Crippen molar-refractivity contribution in [1.29, 1.82) is 0 Å². The van der Waals surface area contributed by atoms with E-state index >= 15 is 0 Å². The number of esters is 1. The van der Waals surface area contributed by atoms with Crippen molar-refractivity contribution in [2.75, 3.05) is 6.61 Å². The van der Waals surface area contributed by atoms with Gasteiger partial charge in [-0.3, -0.25) is 9.59 Å². The van der Waals surface area contributed by atoms with Gasteiger partial charge in [0.25, 0.3) is 5.91 Å². The number of ketones is 1. The molecular weight excluding hydrogens is 438 g/mol. The number of hydrogen-bond donors (Lipinski definition) is 1. The second-order valence-corrected chi connectivity index (χ2v) is 8.60. The summed E-state index contributed by atoms with van der Waals surface area (Å²) in [6.45, 7) is 3.81. The number of rotatable bonds is 12. The first-order valence-corrected chi connectivity index (χ1v) is 12.2. The van der Waals surface area contributed by atoms with Crippen molar-refractivity contribution >= 4 is 17.7 Å². The van der Waals surface area contributed by atoms with Gasteiger partial charge in [0.1, 0.15) is 6.04 Å². The molecule has 1 atom stereocenters. The number of carbonyl (C=O) groups is 3. The molecule has 0 saturated carbocycles. The highest BCUT2D eigenvalue weighted by molar-refractivity contribution is 5.99. The highest BCUT2D eigenvalue weighted by Crippen LogP contribution is 2.11. The van der Waals surface area contributed by atoms with Crippen LogP contribution >= 0.6 is 0 Å². The maximum Gasteiger partial charge on any atom is 0.329 e. The minimum Gasteiger partial charge on any atom is -0.456 e. The molecule has 35 heavy (non-hydrogen) atoms. The van der Waals surface area contributed by atoms with E-state index in [2.05, 4.69) is 12.2 Å². The molecule has 1 N–H and O–H groups in total. The first-order chi connectivity index (χ1) is 17.0. The third-order valence-electron chi connectivity index (χ3n) is 5.94. The standard InChI is InChI=1S/C30H33NO4/c1-3-5-9-23-14-18-26(19-15-23)29(33)31-27(20-24-10-7-6-8-11-24)30(34)35-21-28(32)25-16-12-22(4-2)13-17-25/h6-8,10-19,27H,3-5,9,20-21H2,1-2H3,(H,31,33). The van der Waals surface area contributed by atoms with Crippen molar-refractivity contribution in [1.82, 2.24) is 5.32 Å². The molecule has 182 valence electrons. The van der Waals surface area contributed by atoms with Gasteiger partial charge in [0.2, 0.25) is 0 Å². The van der Waals surface area contributed by atoms with Gasteiger partial charge in [-0.05, 0) is 48.1 Å².